The first kappa shape index (κ1) is 19.2. The molecule has 138 valence electrons. The van der Waals surface area contributed by atoms with Gasteiger partial charge in [-0.1, -0.05) is 39.7 Å². The van der Waals surface area contributed by atoms with Gasteiger partial charge >= 0.3 is 0 Å². The van der Waals surface area contributed by atoms with Crippen molar-refractivity contribution >= 4 is 33.4 Å². The lowest BCUT2D eigenvalue weighted by atomic mass is 9.74. The third-order valence-corrected chi connectivity index (χ3v) is 5.61. The van der Waals surface area contributed by atoms with Gasteiger partial charge in [0.2, 0.25) is 0 Å². The van der Waals surface area contributed by atoms with Gasteiger partial charge in [-0.15, -0.1) is 0 Å². The number of ether oxygens (including phenoxy) is 2. The number of halogens is 2. The monoisotopic (exact) mass is 437 g/mol. The first-order valence-electron chi connectivity index (χ1n) is 8.50. The van der Waals surface area contributed by atoms with E-state index in [9.17, 15) is 4.79 Å². The van der Waals surface area contributed by atoms with Crippen LogP contribution in [0.1, 0.15) is 28.8 Å². The zero-order valence-electron chi connectivity index (χ0n) is 14.6. The average molecular weight is 439 g/mol. The molecule has 1 aliphatic heterocycles. The van der Waals surface area contributed by atoms with Crippen molar-refractivity contribution in [2.75, 3.05) is 26.9 Å². The summed E-state index contributed by atoms with van der Waals surface area (Å²) in [6.45, 7) is 1.90. The first-order valence-corrected chi connectivity index (χ1v) is 9.67. The Morgan fingerprint density at radius 3 is 2.73 bits per heavy atom. The van der Waals surface area contributed by atoms with Crippen LogP contribution in [0.4, 0.5) is 0 Å². The minimum atomic E-state index is -0.190. The van der Waals surface area contributed by atoms with Crippen LogP contribution in [0.5, 0.6) is 5.75 Å². The average Bonchev–Trinajstić information content (AvgIpc) is 2.67. The predicted molar refractivity (Wildman–Crippen MR) is 106 cm³/mol. The van der Waals surface area contributed by atoms with Crippen LogP contribution in [0.2, 0.25) is 5.02 Å². The minimum absolute atomic E-state index is 0.149. The molecule has 1 heterocycles. The lowest BCUT2D eigenvalue weighted by Gasteiger charge is -2.38. The van der Waals surface area contributed by atoms with Crippen molar-refractivity contribution in [3.63, 3.8) is 0 Å². The molecule has 0 spiro atoms. The molecule has 0 atom stereocenters. The van der Waals surface area contributed by atoms with Crippen LogP contribution in [-0.2, 0) is 10.2 Å². The van der Waals surface area contributed by atoms with Gasteiger partial charge in [0.25, 0.3) is 5.91 Å². The van der Waals surface area contributed by atoms with E-state index in [2.05, 4.69) is 33.4 Å². The second-order valence-electron chi connectivity index (χ2n) is 6.43. The molecule has 1 fully saturated rings. The van der Waals surface area contributed by atoms with Gasteiger partial charge in [-0.2, -0.15) is 0 Å². The Hall–Kier alpha value is -1.56. The Labute approximate surface area is 167 Å². The molecule has 6 heteroatoms. The maximum Gasteiger partial charge on any atom is 0.255 e. The van der Waals surface area contributed by atoms with Gasteiger partial charge in [-0.25, -0.2) is 0 Å². The normalized spacial score (nSPS) is 16.1. The maximum atomic E-state index is 12.8. The summed E-state index contributed by atoms with van der Waals surface area (Å²) < 4.78 is 11.9. The summed E-state index contributed by atoms with van der Waals surface area (Å²) in [5, 5.41) is 3.58. The van der Waals surface area contributed by atoms with Crippen molar-refractivity contribution in [2.24, 2.45) is 0 Å². The van der Waals surface area contributed by atoms with Gasteiger partial charge in [-0.05, 0) is 48.7 Å². The molecule has 0 saturated carbocycles. The topological polar surface area (TPSA) is 47.6 Å². The molecule has 1 N–H and O–H groups in total. The number of rotatable bonds is 5. The van der Waals surface area contributed by atoms with E-state index < -0.39 is 0 Å². The Kier molecular flexibility index (Phi) is 6.22. The molecule has 2 aromatic carbocycles. The highest BCUT2D eigenvalue weighted by molar-refractivity contribution is 9.10. The van der Waals surface area contributed by atoms with Crippen molar-refractivity contribution in [1.82, 2.24) is 5.32 Å². The van der Waals surface area contributed by atoms with Crippen LogP contribution in [0.25, 0.3) is 0 Å². The van der Waals surface area contributed by atoms with E-state index in [4.69, 9.17) is 21.1 Å². The SMILES string of the molecule is COc1ccc(Cl)cc1C(=O)NCC1(c2cccc(Br)c2)CCOCC1. The largest absolute Gasteiger partial charge is 0.496 e. The molecule has 1 saturated heterocycles. The molecule has 0 aromatic heterocycles. The number of carbonyl (C=O) groups excluding carboxylic acids is 1. The van der Waals surface area contributed by atoms with Gasteiger partial charge in [-0.3, -0.25) is 4.79 Å². The second-order valence-corrected chi connectivity index (χ2v) is 7.78. The number of nitrogens with one attached hydrogen (secondary N) is 1. The Balaban J connectivity index is 1.82. The summed E-state index contributed by atoms with van der Waals surface area (Å²) >= 11 is 9.60. The van der Waals surface area contributed by atoms with E-state index in [1.54, 1.807) is 25.3 Å². The highest BCUT2D eigenvalue weighted by Gasteiger charge is 2.35. The number of carbonyl (C=O) groups is 1. The Morgan fingerprint density at radius 1 is 1.27 bits per heavy atom. The summed E-state index contributed by atoms with van der Waals surface area (Å²) in [6.07, 6.45) is 1.72. The van der Waals surface area contributed by atoms with Crippen LogP contribution < -0.4 is 10.1 Å². The molecule has 3 rings (SSSR count). The summed E-state index contributed by atoms with van der Waals surface area (Å²) in [7, 11) is 1.54. The van der Waals surface area contributed by atoms with Crippen LogP contribution in [0, 0.1) is 0 Å². The molecule has 0 radical (unpaired) electrons. The molecule has 0 aliphatic carbocycles. The standard InChI is InChI=1S/C20H21BrClNO3/c1-25-18-6-5-16(22)12-17(18)19(24)23-13-20(7-9-26-10-8-20)14-3-2-4-15(21)11-14/h2-6,11-12H,7-10,13H2,1H3,(H,23,24). The quantitative estimate of drug-likeness (QED) is 0.743. The van der Waals surface area contributed by atoms with Gasteiger partial charge < -0.3 is 14.8 Å². The van der Waals surface area contributed by atoms with Crippen molar-refractivity contribution in [2.45, 2.75) is 18.3 Å². The van der Waals surface area contributed by atoms with Crippen LogP contribution in [0.15, 0.2) is 46.9 Å². The van der Waals surface area contributed by atoms with E-state index >= 15 is 0 Å². The third kappa shape index (κ3) is 4.22. The van der Waals surface area contributed by atoms with Crippen molar-refractivity contribution in [3.8, 4) is 5.75 Å². The summed E-state index contributed by atoms with van der Waals surface area (Å²) in [6, 6.07) is 13.3. The summed E-state index contributed by atoms with van der Waals surface area (Å²) in [4.78, 5) is 12.8. The fraction of sp³-hybridized carbons (Fsp3) is 0.350. The maximum absolute atomic E-state index is 12.8. The van der Waals surface area contributed by atoms with E-state index in [1.165, 1.54) is 5.56 Å². The van der Waals surface area contributed by atoms with Gasteiger partial charge in [0.15, 0.2) is 0 Å². The van der Waals surface area contributed by atoms with Crippen molar-refractivity contribution in [3.05, 3.63) is 63.1 Å². The van der Waals surface area contributed by atoms with Crippen molar-refractivity contribution in [1.29, 1.82) is 0 Å². The Morgan fingerprint density at radius 2 is 2.04 bits per heavy atom. The molecule has 1 amide bonds. The van der Waals surface area contributed by atoms with E-state index in [0.29, 0.717) is 36.1 Å². The molecule has 2 aromatic rings. The summed E-state index contributed by atoms with van der Waals surface area (Å²) in [5.41, 5.74) is 1.49. The second kappa shape index (κ2) is 8.42. The smallest absolute Gasteiger partial charge is 0.255 e. The fourth-order valence-corrected chi connectivity index (χ4v) is 3.92. The predicted octanol–water partition coefficient (Wildman–Crippen LogP) is 4.59. The number of amides is 1. The zero-order valence-corrected chi connectivity index (χ0v) is 16.9. The molecule has 4 nitrogen and oxygen atoms in total. The lowest BCUT2D eigenvalue weighted by Crippen LogP contribution is -2.44. The molecular formula is C20H21BrClNO3. The highest BCUT2D eigenvalue weighted by Crippen LogP contribution is 2.35. The van der Waals surface area contributed by atoms with Gasteiger partial charge in [0.05, 0.1) is 12.7 Å². The first-order chi connectivity index (χ1) is 12.5. The van der Waals surface area contributed by atoms with Gasteiger partial charge in [0.1, 0.15) is 5.75 Å². The molecule has 26 heavy (non-hydrogen) atoms. The lowest BCUT2D eigenvalue weighted by molar-refractivity contribution is 0.0486. The number of benzene rings is 2. The van der Waals surface area contributed by atoms with Crippen LogP contribution in [0.3, 0.4) is 0 Å². The number of hydrogen-bond acceptors (Lipinski definition) is 3. The molecule has 0 bridgehead atoms. The Bertz CT molecular complexity index is 790. The van der Waals surface area contributed by atoms with Crippen LogP contribution >= 0.6 is 27.5 Å². The molecule has 0 unspecified atom stereocenters. The van der Waals surface area contributed by atoms with E-state index in [1.807, 2.05) is 12.1 Å². The molecular weight excluding hydrogens is 418 g/mol. The molecule has 1 aliphatic rings. The fourth-order valence-electron chi connectivity index (χ4n) is 3.35. The zero-order chi connectivity index (χ0) is 18.6. The van der Waals surface area contributed by atoms with Crippen molar-refractivity contribution < 1.29 is 14.3 Å². The highest BCUT2D eigenvalue weighted by atomic mass is 79.9. The van der Waals surface area contributed by atoms with E-state index in [0.717, 1.165) is 17.3 Å². The third-order valence-electron chi connectivity index (χ3n) is 4.88. The van der Waals surface area contributed by atoms with Crippen LogP contribution in [-0.4, -0.2) is 32.8 Å². The summed E-state index contributed by atoms with van der Waals surface area (Å²) in [5.74, 6) is 0.320. The van der Waals surface area contributed by atoms with E-state index in [-0.39, 0.29) is 11.3 Å². The number of hydrogen-bond donors (Lipinski definition) is 1. The number of methoxy groups -OCH3 is 1. The minimum Gasteiger partial charge on any atom is -0.496 e. The van der Waals surface area contributed by atoms with Gasteiger partial charge in [0, 0.05) is 34.7 Å².